The maximum absolute atomic E-state index is 9.27. The van der Waals surface area contributed by atoms with Crippen molar-refractivity contribution in [2.24, 2.45) is 5.92 Å². The number of nitrogens with zero attached hydrogens (tertiary/aromatic N) is 1. The van der Waals surface area contributed by atoms with E-state index in [1.165, 1.54) is 0 Å². The Balaban J connectivity index is 2.22. The van der Waals surface area contributed by atoms with Gasteiger partial charge >= 0.3 is 0 Å². The smallest absolute Gasteiger partial charge is 0.0702 e. The standard InChI is InChI=1S/C12H16ClNO2/c13-11-2-1-10(8-16)12(5-11)14-4-3-9(6-14)7-15/h1-2,5,9,15-16H,3-4,6-8H2. The van der Waals surface area contributed by atoms with Gasteiger partial charge in [-0.2, -0.15) is 0 Å². The fourth-order valence-corrected chi connectivity index (χ4v) is 2.33. The lowest BCUT2D eigenvalue weighted by Gasteiger charge is -2.21. The summed E-state index contributed by atoms with van der Waals surface area (Å²) in [5, 5.41) is 19.1. The molecule has 0 saturated carbocycles. The second-order valence-electron chi connectivity index (χ2n) is 4.21. The molecule has 0 radical (unpaired) electrons. The van der Waals surface area contributed by atoms with Crippen molar-refractivity contribution in [2.45, 2.75) is 13.0 Å². The van der Waals surface area contributed by atoms with Gasteiger partial charge in [-0.3, -0.25) is 0 Å². The second kappa shape index (κ2) is 5.04. The van der Waals surface area contributed by atoms with Crippen LogP contribution in [0.3, 0.4) is 0 Å². The molecule has 16 heavy (non-hydrogen) atoms. The van der Waals surface area contributed by atoms with Crippen molar-refractivity contribution in [1.29, 1.82) is 0 Å². The van der Waals surface area contributed by atoms with E-state index in [9.17, 15) is 5.11 Å². The monoisotopic (exact) mass is 241 g/mol. The summed E-state index contributed by atoms with van der Waals surface area (Å²) in [5.74, 6) is 0.338. The van der Waals surface area contributed by atoms with Crippen LogP contribution in [0, 0.1) is 5.92 Å². The minimum Gasteiger partial charge on any atom is -0.396 e. The van der Waals surface area contributed by atoms with Crippen LogP contribution >= 0.6 is 11.6 Å². The number of hydrogen-bond acceptors (Lipinski definition) is 3. The van der Waals surface area contributed by atoms with Gasteiger partial charge in [-0.15, -0.1) is 0 Å². The molecule has 2 rings (SSSR count). The van der Waals surface area contributed by atoms with Crippen molar-refractivity contribution < 1.29 is 10.2 Å². The zero-order valence-electron chi connectivity index (χ0n) is 9.06. The second-order valence-corrected chi connectivity index (χ2v) is 4.65. The largest absolute Gasteiger partial charge is 0.396 e. The van der Waals surface area contributed by atoms with Crippen LogP contribution in [0.1, 0.15) is 12.0 Å². The van der Waals surface area contributed by atoms with Crippen LogP contribution in [0.15, 0.2) is 18.2 Å². The molecule has 0 aliphatic carbocycles. The fourth-order valence-electron chi connectivity index (χ4n) is 2.17. The van der Waals surface area contributed by atoms with Gasteiger partial charge in [-0.1, -0.05) is 17.7 Å². The molecular weight excluding hydrogens is 226 g/mol. The molecule has 0 bridgehead atoms. The van der Waals surface area contributed by atoms with Gasteiger partial charge in [0.05, 0.1) is 6.61 Å². The number of anilines is 1. The van der Waals surface area contributed by atoms with Gasteiger partial charge in [0.15, 0.2) is 0 Å². The van der Waals surface area contributed by atoms with E-state index in [0.717, 1.165) is 30.8 Å². The summed E-state index contributed by atoms with van der Waals surface area (Å²) in [5.41, 5.74) is 1.88. The highest BCUT2D eigenvalue weighted by atomic mass is 35.5. The first-order valence-electron chi connectivity index (χ1n) is 5.49. The third-order valence-corrected chi connectivity index (χ3v) is 3.34. The van der Waals surface area contributed by atoms with Gasteiger partial charge < -0.3 is 15.1 Å². The molecule has 1 aliphatic heterocycles. The van der Waals surface area contributed by atoms with Gasteiger partial charge in [-0.05, 0) is 18.6 Å². The summed E-state index contributed by atoms with van der Waals surface area (Å²) in [7, 11) is 0. The molecule has 88 valence electrons. The van der Waals surface area contributed by atoms with E-state index < -0.39 is 0 Å². The maximum Gasteiger partial charge on any atom is 0.0702 e. The van der Waals surface area contributed by atoms with E-state index >= 15 is 0 Å². The molecule has 3 nitrogen and oxygen atoms in total. The summed E-state index contributed by atoms with van der Waals surface area (Å²) in [4.78, 5) is 2.18. The van der Waals surface area contributed by atoms with Gasteiger partial charge in [0.1, 0.15) is 0 Å². The molecule has 1 aromatic rings. The van der Waals surface area contributed by atoms with E-state index in [1.54, 1.807) is 6.07 Å². The highest BCUT2D eigenvalue weighted by molar-refractivity contribution is 6.30. The molecule has 0 aromatic heterocycles. The molecule has 1 unspecified atom stereocenters. The zero-order chi connectivity index (χ0) is 11.5. The van der Waals surface area contributed by atoms with Crippen LogP contribution in [0.25, 0.3) is 0 Å². The first-order chi connectivity index (χ1) is 7.74. The lowest BCUT2D eigenvalue weighted by atomic mass is 10.1. The van der Waals surface area contributed by atoms with Crippen LogP contribution in [-0.2, 0) is 6.61 Å². The van der Waals surface area contributed by atoms with E-state index in [0.29, 0.717) is 10.9 Å². The summed E-state index contributed by atoms with van der Waals surface area (Å²) in [6.45, 7) is 2.00. The average Bonchev–Trinajstić information content (AvgIpc) is 2.77. The van der Waals surface area contributed by atoms with Crippen LogP contribution in [0.4, 0.5) is 5.69 Å². The predicted octanol–water partition coefficient (Wildman–Crippen LogP) is 1.65. The van der Waals surface area contributed by atoms with Crippen LogP contribution in [0.5, 0.6) is 0 Å². The molecule has 0 amide bonds. The minimum atomic E-state index is 0.0206. The molecule has 1 heterocycles. The van der Waals surface area contributed by atoms with Crippen LogP contribution in [-0.4, -0.2) is 29.9 Å². The maximum atomic E-state index is 9.27. The number of hydrogen-bond donors (Lipinski definition) is 2. The molecule has 1 aromatic carbocycles. The average molecular weight is 242 g/mol. The van der Waals surface area contributed by atoms with Gasteiger partial charge in [0, 0.05) is 41.9 Å². The van der Waals surface area contributed by atoms with Gasteiger partial charge in [0.25, 0.3) is 0 Å². The van der Waals surface area contributed by atoms with Crippen molar-refractivity contribution in [3.8, 4) is 0 Å². The topological polar surface area (TPSA) is 43.7 Å². The van der Waals surface area contributed by atoms with Gasteiger partial charge in [0.2, 0.25) is 0 Å². The van der Waals surface area contributed by atoms with Crippen molar-refractivity contribution in [3.63, 3.8) is 0 Å². The predicted molar refractivity (Wildman–Crippen MR) is 64.8 cm³/mol. The molecule has 1 atom stereocenters. The Morgan fingerprint density at radius 3 is 2.81 bits per heavy atom. The Morgan fingerprint density at radius 1 is 1.38 bits per heavy atom. The number of halogens is 1. The molecule has 1 fully saturated rings. The van der Waals surface area contributed by atoms with Crippen molar-refractivity contribution >= 4 is 17.3 Å². The van der Waals surface area contributed by atoms with Crippen LogP contribution < -0.4 is 4.90 Å². The summed E-state index contributed by atoms with van der Waals surface area (Å²) in [6.07, 6.45) is 0.994. The zero-order valence-corrected chi connectivity index (χ0v) is 9.82. The Bertz CT molecular complexity index is 370. The Labute approximate surface area is 100 Å². The lowest BCUT2D eigenvalue weighted by molar-refractivity contribution is 0.238. The number of rotatable bonds is 3. The highest BCUT2D eigenvalue weighted by Crippen LogP contribution is 2.29. The molecule has 1 aliphatic rings. The Morgan fingerprint density at radius 2 is 2.19 bits per heavy atom. The SMILES string of the molecule is OCc1ccc(Cl)cc1N1CCC(CO)C1. The van der Waals surface area contributed by atoms with E-state index in [4.69, 9.17) is 16.7 Å². The summed E-state index contributed by atoms with van der Waals surface area (Å²) >= 11 is 5.96. The quantitative estimate of drug-likeness (QED) is 0.846. The van der Waals surface area contributed by atoms with E-state index in [1.807, 2.05) is 12.1 Å². The molecular formula is C12H16ClNO2. The lowest BCUT2D eigenvalue weighted by Crippen LogP contribution is -2.21. The molecule has 4 heteroatoms. The van der Waals surface area contributed by atoms with Gasteiger partial charge in [-0.25, -0.2) is 0 Å². The minimum absolute atomic E-state index is 0.0206. The first-order valence-corrected chi connectivity index (χ1v) is 5.87. The Kier molecular flexibility index (Phi) is 3.69. The van der Waals surface area contributed by atoms with Crippen molar-refractivity contribution in [2.75, 3.05) is 24.6 Å². The summed E-state index contributed by atoms with van der Waals surface area (Å²) in [6, 6.07) is 5.52. The molecule has 2 N–H and O–H groups in total. The fraction of sp³-hybridized carbons (Fsp3) is 0.500. The van der Waals surface area contributed by atoms with Crippen molar-refractivity contribution in [1.82, 2.24) is 0 Å². The van der Waals surface area contributed by atoms with Crippen molar-refractivity contribution in [3.05, 3.63) is 28.8 Å². The number of benzene rings is 1. The first kappa shape index (κ1) is 11.7. The van der Waals surface area contributed by atoms with E-state index in [-0.39, 0.29) is 13.2 Å². The third-order valence-electron chi connectivity index (χ3n) is 3.10. The third kappa shape index (κ3) is 2.32. The molecule has 1 saturated heterocycles. The van der Waals surface area contributed by atoms with E-state index in [2.05, 4.69) is 4.90 Å². The molecule has 0 spiro atoms. The highest BCUT2D eigenvalue weighted by Gasteiger charge is 2.23. The number of aliphatic hydroxyl groups is 2. The normalized spacial score (nSPS) is 20.4. The number of aliphatic hydroxyl groups excluding tert-OH is 2. The van der Waals surface area contributed by atoms with Crippen LogP contribution in [0.2, 0.25) is 5.02 Å². The summed E-state index contributed by atoms with van der Waals surface area (Å²) < 4.78 is 0. The Hall–Kier alpha value is -0.770.